The van der Waals surface area contributed by atoms with Crippen LogP contribution < -0.4 is 10.1 Å². The lowest BCUT2D eigenvalue weighted by atomic mass is 10.2. The second kappa shape index (κ2) is 7.31. The van der Waals surface area contributed by atoms with Crippen LogP contribution >= 0.6 is 23.4 Å². The lowest BCUT2D eigenvalue weighted by Crippen LogP contribution is -2.23. The molecule has 1 aromatic carbocycles. The van der Waals surface area contributed by atoms with Crippen LogP contribution in [0.2, 0.25) is 5.02 Å². The second-order valence-corrected chi connectivity index (χ2v) is 6.24. The van der Waals surface area contributed by atoms with Gasteiger partial charge in [0.2, 0.25) is 0 Å². The maximum Gasteiger partial charge on any atom is 0.387 e. The zero-order chi connectivity index (χ0) is 13.7. The van der Waals surface area contributed by atoms with Gasteiger partial charge in [-0.2, -0.15) is 20.5 Å². The van der Waals surface area contributed by atoms with Crippen LogP contribution in [0.25, 0.3) is 0 Å². The molecule has 106 valence electrons. The summed E-state index contributed by atoms with van der Waals surface area (Å²) in [6.45, 7) is -1.45. The third-order valence-electron chi connectivity index (χ3n) is 2.95. The van der Waals surface area contributed by atoms with Crippen molar-refractivity contribution in [2.75, 3.05) is 12.3 Å². The second-order valence-electron chi connectivity index (χ2n) is 4.40. The number of benzene rings is 1. The Morgan fingerprint density at radius 1 is 1.47 bits per heavy atom. The molecule has 1 atom stereocenters. The van der Waals surface area contributed by atoms with Gasteiger partial charge in [-0.05, 0) is 36.8 Å². The Kier molecular flexibility index (Phi) is 5.73. The lowest BCUT2D eigenvalue weighted by molar-refractivity contribution is -0.0504. The number of thioether (sulfide) groups is 1. The smallest absolute Gasteiger partial charge is 0.387 e. The minimum absolute atomic E-state index is 0.186. The van der Waals surface area contributed by atoms with Crippen LogP contribution in [-0.4, -0.2) is 24.2 Å². The zero-order valence-corrected chi connectivity index (χ0v) is 11.9. The van der Waals surface area contributed by atoms with Gasteiger partial charge >= 0.3 is 6.61 Å². The van der Waals surface area contributed by atoms with E-state index in [0.29, 0.717) is 22.4 Å². The number of hydrogen-bond acceptors (Lipinski definition) is 3. The minimum Gasteiger partial charge on any atom is -0.434 e. The molecule has 0 aromatic heterocycles. The molecule has 1 saturated heterocycles. The Hall–Kier alpha value is -0.520. The molecule has 1 N–H and O–H groups in total. The molecule has 6 heteroatoms. The maximum absolute atomic E-state index is 12.3. The average molecular weight is 308 g/mol. The van der Waals surface area contributed by atoms with Crippen molar-refractivity contribution in [3.8, 4) is 5.75 Å². The molecule has 0 spiro atoms. The molecule has 1 heterocycles. The Morgan fingerprint density at radius 3 is 3.00 bits per heavy atom. The Balaban J connectivity index is 1.91. The van der Waals surface area contributed by atoms with E-state index in [1.165, 1.54) is 24.7 Å². The van der Waals surface area contributed by atoms with Gasteiger partial charge < -0.3 is 10.1 Å². The Labute approximate surface area is 120 Å². The molecule has 1 unspecified atom stereocenters. The monoisotopic (exact) mass is 307 g/mol. The maximum atomic E-state index is 12.3. The molecule has 1 aliphatic rings. The molecule has 1 aliphatic heterocycles. The van der Waals surface area contributed by atoms with E-state index in [1.807, 2.05) is 11.8 Å². The van der Waals surface area contributed by atoms with Crippen molar-refractivity contribution in [2.45, 2.75) is 31.2 Å². The van der Waals surface area contributed by atoms with E-state index in [1.54, 1.807) is 12.1 Å². The number of rotatable bonds is 6. The highest BCUT2D eigenvalue weighted by Gasteiger charge is 2.15. The van der Waals surface area contributed by atoms with Crippen LogP contribution in [0.5, 0.6) is 5.75 Å². The van der Waals surface area contributed by atoms with E-state index < -0.39 is 6.61 Å². The summed E-state index contributed by atoms with van der Waals surface area (Å²) >= 11 is 7.84. The summed E-state index contributed by atoms with van der Waals surface area (Å²) in [4.78, 5) is 0. The molecule has 0 saturated carbocycles. The molecule has 0 bridgehead atoms. The first-order chi connectivity index (χ1) is 9.15. The third-order valence-corrected chi connectivity index (χ3v) is 4.58. The Morgan fingerprint density at radius 2 is 2.32 bits per heavy atom. The van der Waals surface area contributed by atoms with Crippen LogP contribution in [0, 0.1) is 0 Å². The summed E-state index contributed by atoms with van der Waals surface area (Å²) in [6.07, 6.45) is 2.47. The fraction of sp³-hybridized carbons (Fsp3) is 0.538. The van der Waals surface area contributed by atoms with Gasteiger partial charge in [-0.3, -0.25) is 0 Å². The van der Waals surface area contributed by atoms with Gasteiger partial charge in [0.05, 0.1) is 0 Å². The molecule has 1 aromatic rings. The number of nitrogens with one attached hydrogen (secondary N) is 1. The predicted molar refractivity (Wildman–Crippen MR) is 75.3 cm³/mol. The first kappa shape index (κ1) is 14.9. The van der Waals surface area contributed by atoms with E-state index in [0.717, 1.165) is 6.54 Å². The SMILES string of the molecule is FC(F)Oc1ccc(Cl)cc1CNCC1CCCS1. The lowest BCUT2D eigenvalue weighted by Gasteiger charge is -2.13. The summed E-state index contributed by atoms with van der Waals surface area (Å²) in [5, 5.41) is 4.43. The highest BCUT2D eigenvalue weighted by atomic mass is 35.5. The molecule has 1 fully saturated rings. The minimum atomic E-state index is -2.81. The first-order valence-electron chi connectivity index (χ1n) is 6.20. The largest absolute Gasteiger partial charge is 0.434 e. The molecular formula is C13H16ClF2NOS. The zero-order valence-electron chi connectivity index (χ0n) is 10.4. The molecule has 0 aliphatic carbocycles. The fourth-order valence-corrected chi connectivity index (χ4v) is 3.50. The van der Waals surface area contributed by atoms with Crippen molar-refractivity contribution in [1.82, 2.24) is 5.32 Å². The highest BCUT2D eigenvalue weighted by molar-refractivity contribution is 8.00. The third kappa shape index (κ3) is 4.82. The normalized spacial score (nSPS) is 19.1. The van der Waals surface area contributed by atoms with E-state index >= 15 is 0 Å². The van der Waals surface area contributed by atoms with Crippen molar-refractivity contribution < 1.29 is 13.5 Å². The van der Waals surface area contributed by atoms with Crippen LogP contribution in [-0.2, 0) is 6.54 Å². The van der Waals surface area contributed by atoms with Gasteiger partial charge in [0.15, 0.2) is 0 Å². The molecular weight excluding hydrogens is 292 g/mol. The topological polar surface area (TPSA) is 21.3 Å². The van der Waals surface area contributed by atoms with E-state index in [9.17, 15) is 8.78 Å². The summed E-state index contributed by atoms with van der Waals surface area (Å²) < 4.78 is 29.1. The van der Waals surface area contributed by atoms with Gasteiger partial charge in [0.1, 0.15) is 5.75 Å². The van der Waals surface area contributed by atoms with Crippen molar-refractivity contribution >= 4 is 23.4 Å². The summed E-state index contributed by atoms with van der Waals surface area (Å²) in [5.41, 5.74) is 0.663. The molecule has 2 nitrogen and oxygen atoms in total. The quantitative estimate of drug-likeness (QED) is 0.860. The summed E-state index contributed by atoms with van der Waals surface area (Å²) in [6, 6.07) is 4.69. The number of alkyl halides is 2. The van der Waals surface area contributed by atoms with Crippen LogP contribution in [0.1, 0.15) is 18.4 Å². The average Bonchev–Trinajstić information content (AvgIpc) is 2.85. The van der Waals surface area contributed by atoms with Crippen molar-refractivity contribution in [2.24, 2.45) is 0 Å². The van der Waals surface area contributed by atoms with Crippen LogP contribution in [0.4, 0.5) is 8.78 Å². The van der Waals surface area contributed by atoms with Crippen molar-refractivity contribution in [3.63, 3.8) is 0 Å². The molecule has 0 amide bonds. The number of halogens is 3. The fourth-order valence-electron chi connectivity index (χ4n) is 2.07. The van der Waals surface area contributed by atoms with E-state index in [4.69, 9.17) is 11.6 Å². The van der Waals surface area contributed by atoms with E-state index in [-0.39, 0.29) is 5.75 Å². The number of ether oxygens (including phenoxy) is 1. The van der Waals surface area contributed by atoms with Gasteiger partial charge in [-0.25, -0.2) is 0 Å². The van der Waals surface area contributed by atoms with Crippen LogP contribution in [0.3, 0.4) is 0 Å². The Bertz CT molecular complexity index is 414. The van der Waals surface area contributed by atoms with Gasteiger partial charge in [-0.15, -0.1) is 0 Å². The predicted octanol–water partition coefficient (Wildman–Crippen LogP) is 3.93. The standard InChI is InChI=1S/C13H16ClF2NOS/c14-10-3-4-12(18-13(15)16)9(6-10)7-17-8-11-2-1-5-19-11/h3-4,6,11,13,17H,1-2,5,7-8H2. The summed E-state index contributed by atoms with van der Waals surface area (Å²) in [5.74, 6) is 1.40. The number of hydrogen-bond donors (Lipinski definition) is 1. The van der Waals surface area contributed by atoms with Gasteiger partial charge in [-0.1, -0.05) is 11.6 Å². The van der Waals surface area contributed by atoms with Crippen molar-refractivity contribution in [3.05, 3.63) is 28.8 Å². The summed E-state index contributed by atoms with van der Waals surface area (Å²) in [7, 11) is 0. The van der Waals surface area contributed by atoms with Crippen LogP contribution in [0.15, 0.2) is 18.2 Å². The highest BCUT2D eigenvalue weighted by Crippen LogP contribution is 2.27. The molecule has 2 rings (SSSR count). The van der Waals surface area contributed by atoms with Crippen molar-refractivity contribution in [1.29, 1.82) is 0 Å². The molecule has 19 heavy (non-hydrogen) atoms. The van der Waals surface area contributed by atoms with Gasteiger partial charge in [0, 0.05) is 28.9 Å². The molecule has 0 radical (unpaired) electrons. The first-order valence-corrected chi connectivity index (χ1v) is 7.63. The van der Waals surface area contributed by atoms with Gasteiger partial charge in [0.25, 0.3) is 0 Å². The van der Waals surface area contributed by atoms with E-state index in [2.05, 4.69) is 10.1 Å².